The van der Waals surface area contributed by atoms with Crippen molar-refractivity contribution in [3.63, 3.8) is 0 Å². The van der Waals surface area contributed by atoms with Gasteiger partial charge in [-0.25, -0.2) is 14.8 Å². The third-order valence-electron chi connectivity index (χ3n) is 6.14. The van der Waals surface area contributed by atoms with Crippen molar-refractivity contribution in [1.29, 1.82) is 0 Å². The van der Waals surface area contributed by atoms with Crippen molar-refractivity contribution in [1.82, 2.24) is 10.2 Å². The molecular weight excluding hydrogens is 434 g/mol. The highest BCUT2D eigenvalue weighted by Crippen LogP contribution is 2.27. The lowest BCUT2D eigenvalue weighted by Crippen LogP contribution is -2.52. The quantitative estimate of drug-likeness (QED) is 0.403. The number of nitrogens with two attached hydrogens (primary N) is 1. The molecule has 3 atom stereocenters. The number of allylic oxidation sites excluding steroid dienone is 1. The van der Waals surface area contributed by atoms with E-state index in [1.807, 2.05) is 37.5 Å². The molecule has 3 aliphatic heterocycles. The fourth-order valence-corrected chi connectivity index (χ4v) is 5.26. The van der Waals surface area contributed by atoms with Crippen LogP contribution in [-0.2, 0) is 11.2 Å². The number of aromatic amines is 1. The highest BCUT2D eigenvalue weighted by Gasteiger charge is 2.41. The number of hydrogen-bond acceptors (Lipinski definition) is 7. The summed E-state index contributed by atoms with van der Waals surface area (Å²) < 4.78 is 0. The first-order valence-electron chi connectivity index (χ1n) is 11.9. The standard InChI is InChI=1S/C24H33N7OS/c1-3-8-16(23(32)30-24-28-15-17(4-2)33-24)9-7-11-18-20-21(25)27-13-14-31(20)22(29-18)19-10-5-6-12-26-19/h7-9,13-15,18-20,26H,3-6,10-12H2,1-2H3,(H2,25,27)(H,28,30,32)/p+1/b9-7-,16-8+. The van der Waals surface area contributed by atoms with Gasteiger partial charge in [-0.15, -0.1) is 0 Å². The van der Waals surface area contributed by atoms with Crippen LogP contribution in [0, 0.1) is 0 Å². The molecule has 3 unspecified atom stereocenters. The number of carbonyl (C=O) groups excluding carboxylic acids is 1. The van der Waals surface area contributed by atoms with Crippen molar-refractivity contribution in [3.05, 3.63) is 47.3 Å². The second-order valence-corrected chi connectivity index (χ2v) is 9.60. The molecule has 5 N–H and O–H groups in total. The van der Waals surface area contributed by atoms with E-state index in [1.54, 1.807) is 17.5 Å². The minimum Gasteiger partial charge on any atom is -0.385 e. The van der Waals surface area contributed by atoms with Gasteiger partial charge in [0, 0.05) is 12.4 Å². The molecule has 1 aromatic heterocycles. The third kappa shape index (κ3) is 5.42. The summed E-state index contributed by atoms with van der Waals surface area (Å²) >= 11 is 1.57. The molecule has 1 aromatic rings. The summed E-state index contributed by atoms with van der Waals surface area (Å²) in [5.41, 5.74) is 6.94. The molecule has 0 radical (unpaired) electrons. The van der Waals surface area contributed by atoms with E-state index in [1.165, 1.54) is 17.7 Å². The van der Waals surface area contributed by atoms with E-state index in [0.717, 1.165) is 36.8 Å². The van der Waals surface area contributed by atoms with E-state index >= 15 is 0 Å². The Bertz CT molecular complexity index is 1000. The van der Waals surface area contributed by atoms with Gasteiger partial charge in [-0.05, 0) is 38.6 Å². The van der Waals surface area contributed by atoms with E-state index in [4.69, 9.17) is 10.7 Å². The van der Waals surface area contributed by atoms with Crippen LogP contribution in [-0.4, -0.2) is 47.1 Å². The maximum Gasteiger partial charge on any atom is 0.339 e. The minimum absolute atomic E-state index is 0.0302. The Kier molecular flexibility index (Phi) is 7.72. The summed E-state index contributed by atoms with van der Waals surface area (Å²) in [5.74, 6) is 1.53. The first kappa shape index (κ1) is 23.4. The van der Waals surface area contributed by atoms with Gasteiger partial charge in [0.05, 0.1) is 22.5 Å². The van der Waals surface area contributed by atoms with E-state index in [2.05, 4.69) is 32.4 Å². The molecule has 4 heterocycles. The van der Waals surface area contributed by atoms with Crippen LogP contribution in [0.1, 0.15) is 50.8 Å². The Morgan fingerprint density at radius 1 is 1.42 bits per heavy atom. The number of amidine groups is 2. The summed E-state index contributed by atoms with van der Waals surface area (Å²) in [4.78, 5) is 28.7. The number of rotatable bonds is 8. The number of nitrogens with zero attached hydrogens (tertiary/aromatic N) is 3. The van der Waals surface area contributed by atoms with Gasteiger partial charge < -0.3 is 16.0 Å². The highest BCUT2D eigenvalue weighted by atomic mass is 32.1. The molecule has 33 heavy (non-hydrogen) atoms. The van der Waals surface area contributed by atoms with Gasteiger partial charge in [-0.3, -0.25) is 4.99 Å². The molecule has 9 heteroatoms. The topological polar surface area (TPSA) is 109 Å². The zero-order chi connectivity index (χ0) is 23.2. The summed E-state index contributed by atoms with van der Waals surface area (Å²) in [6.45, 7) is 5.14. The average molecular weight is 469 g/mol. The number of aryl methyl sites for hydroxylation is 1. The van der Waals surface area contributed by atoms with Gasteiger partial charge in [0.1, 0.15) is 23.9 Å². The summed E-state index contributed by atoms with van der Waals surface area (Å²) in [5, 5.41) is 7.33. The van der Waals surface area contributed by atoms with Crippen molar-refractivity contribution in [2.45, 2.75) is 70.5 Å². The number of H-pyrrole nitrogens is 1. The molecule has 8 nitrogen and oxygen atoms in total. The first-order chi connectivity index (χ1) is 16.1. The number of thiazole rings is 1. The van der Waals surface area contributed by atoms with Crippen LogP contribution in [0.25, 0.3) is 0 Å². The third-order valence-corrected chi connectivity index (χ3v) is 7.23. The van der Waals surface area contributed by atoms with Gasteiger partial charge >= 0.3 is 11.0 Å². The largest absolute Gasteiger partial charge is 0.385 e. The van der Waals surface area contributed by atoms with Crippen molar-refractivity contribution < 1.29 is 9.78 Å². The van der Waals surface area contributed by atoms with Crippen LogP contribution in [0.15, 0.2) is 52.4 Å². The average Bonchev–Trinajstić information content (AvgIpc) is 3.44. The first-order valence-corrected chi connectivity index (χ1v) is 12.7. The van der Waals surface area contributed by atoms with Crippen LogP contribution < -0.4 is 21.4 Å². The molecule has 3 aliphatic rings. The number of aliphatic imine (C=N–C) groups is 2. The molecular formula is C24H34N7OS+. The fraction of sp³-hybridized carbons (Fsp3) is 0.500. The molecule has 176 valence electrons. The molecule has 0 spiro atoms. The normalized spacial score (nSPS) is 25.2. The highest BCUT2D eigenvalue weighted by molar-refractivity contribution is 7.15. The Hall–Kier alpha value is -2.78. The van der Waals surface area contributed by atoms with Crippen molar-refractivity contribution in [2.75, 3.05) is 11.9 Å². The van der Waals surface area contributed by atoms with Crippen molar-refractivity contribution in [2.24, 2.45) is 15.7 Å². The number of amides is 1. The molecule has 0 bridgehead atoms. The van der Waals surface area contributed by atoms with Gasteiger partial charge in [0.15, 0.2) is 0 Å². The van der Waals surface area contributed by atoms with Crippen molar-refractivity contribution in [3.8, 4) is 0 Å². The monoisotopic (exact) mass is 468 g/mol. The Morgan fingerprint density at radius 3 is 3.03 bits per heavy atom. The number of nitrogens with one attached hydrogen (secondary N) is 3. The lowest BCUT2D eigenvalue weighted by Gasteiger charge is -2.33. The van der Waals surface area contributed by atoms with Crippen LogP contribution >= 0.6 is 11.3 Å². The lowest BCUT2D eigenvalue weighted by molar-refractivity contribution is -0.354. The smallest absolute Gasteiger partial charge is 0.339 e. The Labute approximate surface area is 199 Å². The number of fused-ring (bicyclic) bond motifs is 1. The Balaban J connectivity index is 1.45. The lowest BCUT2D eigenvalue weighted by atomic mass is 10.0. The van der Waals surface area contributed by atoms with Gasteiger partial charge in [-0.2, -0.15) is 5.32 Å². The van der Waals surface area contributed by atoms with E-state index in [9.17, 15) is 4.79 Å². The zero-order valence-corrected chi connectivity index (χ0v) is 20.2. The molecule has 1 saturated heterocycles. The van der Waals surface area contributed by atoms with E-state index in [-0.39, 0.29) is 24.0 Å². The number of carbonyl (C=O) groups is 1. The van der Waals surface area contributed by atoms with Crippen LogP contribution in [0.2, 0.25) is 0 Å². The minimum atomic E-state index is -0.112. The number of anilines is 1. The SMILES string of the molecule is CC/C=C(\C=C/CC1N=C(C2CCCCN2)N2C=CN=C(N)C12)C(=O)Nc1[nH+]cc(CC)s1. The van der Waals surface area contributed by atoms with E-state index in [0.29, 0.717) is 17.8 Å². The summed E-state index contributed by atoms with van der Waals surface area (Å²) in [7, 11) is 0. The molecule has 4 rings (SSSR count). The van der Waals surface area contributed by atoms with Gasteiger partial charge in [-0.1, -0.05) is 49.8 Å². The molecule has 0 aliphatic carbocycles. The van der Waals surface area contributed by atoms with Crippen molar-refractivity contribution >= 4 is 34.0 Å². The van der Waals surface area contributed by atoms with E-state index < -0.39 is 0 Å². The maximum atomic E-state index is 12.8. The number of hydrogen-bond donors (Lipinski definition) is 3. The second kappa shape index (κ2) is 10.9. The number of aromatic nitrogens is 1. The predicted molar refractivity (Wildman–Crippen MR) is 134 cm³/mol. The zero-order valence-electron chi connectivity index (χ0n) is 19.4. The fourth-order valence-electron chi connectivity index (χ4n) is 4.47. The molecule has 0 saturated carbocycles. The van der Waals surface area contributed by atoms with Gasteiger partial charge in [0.2, 0.25) is 0 Å². The van der Waals surface area contributed by atoms with Gasteiger partial charge in [0.25, 0.3) is 0 Å². The summed E-state index contributed by atoms with van der Waals surface area (Å²) in [6.07, 6.45) is 17.4. The van der Waals surface area contributed by atoms with Crippen LogP contribution in [0.4, 0.5) is 5.13 Å². The Morgan fingerprint density at radius 2 is 2.30 bits per heavy atom. The van der Waals surface area contributed by atoms with Crippen LogP contribution in [0.5, 0.6) is 0 Å². The molecule has 1 amide bonds. The molecule has 1 fully saturated rings. The second-order valence-electron chi connectivity index (χ2n) is 8.46. The molecule has 0 aromatic carbocycles. The maximum absolute atomic E-state index is 12.8. The predicted octanol–water partition coefficient (Wildman–Crippen LogP) is 2.78. The van der Waals surface area contributed by atoms with Crippen LogP contribution in [0.3, 0.4) is 0 Å². The summed E-state index contributed by atoms with van der Waals surface area (Å²) in [6, 6.07) is 0.151. The number of piperidine rings is 1.